The maximum Gasteiger partial charge on any atom is 0.323 e. The van der Waals surface area contributed by atoms with Crippen LogP contribution in [-0.2, 0) is 0 Å². The van der Waals surface area contributed by atoms with Gasteiger partial charge in [-0.15, -0.1) is 0 Å². The molecule has 2 rings (SSSR count). The fourth-order valence-corrected chi connectivity index (χ4v) is 2.25. The Morgan fingerprint density at radius 1 is 1.05 bits per heavy atom. The van der Waals surface area contributed by atoms with E-state index in [9.17, 15) is 0 Å². The lowest BCUT2D eigenvalue weighted by molar-refractivity contribution is 0.256. The van der Waals surface area contributed by atoms with E-state index in [2.05, 4.69) is 31.7 Å². The molecule has 0 amide bonds. The molecule has 1 fully saturated rings. The van der Waals surface area contributed by atoms with Gasteiger partial charge in [-0.25, -0.2) is 0 Å². The minimum atomic E-state index is 0.220. The molecule has 0 aromatic carbocycles. The van der Waals surface area contributed by atoms with Crippen LogP contribution in [0.5, 0.6) is 6.01 Å². The summed E-state index contributed by atoms with van der Waals surface area (Å²) in [4.78, 5) is 17.2. The largest absolute Gasteiger partial charge is 0.463 e. The Balaban J connectivity index is 2.00. The first-order chi connectivity index (χ1) is 9.72. The zero-order valence-corrected chi connectivity index (χ0v) is 12.4. The van der Waals surface area contributed by atoms with Crippen LogP contribution in [0, 0.1) is 0 Å². The predicted octanol–water partition coefficient (Wildman–Crippen LogP) is 0.775. The Kier molecular flexibility index (Phi) is 5.34. The van der Waals surface area contributed by atoms with Gasteiger partial charge in [0, 0.05) is 26.2 Å². The van der Waals surface area contributed by atoms with Crippen LogP contribution in [0.4, 0.5) is 11.9 Å². The minimum absolute atomic E-state index is 0.220. The number of hydrogen-bond acceptors (Lipinski definition) is 7. The third kappa shape index (κ3) is 3.93. The first-order valence-corrected chi connectivity index (χ1v) is 7.34. The maximum atomic E-state index is 5.73. The molecule has 1 aliphatic rings. The van der Waals surface area contributed by atoms with E-state index in [1.54, 1.807) is 0 Å². The van der Waals surface area contributed by atoms with Crippen LogP contribution in [0.15, 0.2) is 0 Å². The number of nitrogens with two attached hydrogens (primary N) is 1. The van der Waals surface area contributed by atoms with E-state index in [-0.39, 0.29) is 5.95 Å². The Bertz CT molecular complexity index is 419. The minimum Gasteiger partial charge on any atom is -0.463 e. The monoisotopic (exact) mass is 280 g/mol. The highest BCUT2D eigenvalue weighted by atomic mass is 16.5. The van der Waals surface area contributed by atoms with Crippen LogP contribution in [0.1, 0.15) is 26.7 Å². The third-order valence-electron chi connectivity index (χ3n) is 3.25. The molecule has 0 spiro atoms. The van der Waals surface area contributed by atoms with E-state index in [0.717, 1.165) is 39.1 Å². The zero-order valence-electron chi connectivity index (χ0n) is 12.4. The van der Waals surface area contributed by atoms with Crippen LogP contribution in [-0.4, -0.2) is 59.2 Å². The van der Waals surface area contributed by atoms with Crippen molar-refractivity contribution in [2.45, 2.75) is 26.7 Å². The van der Waals surface area contributed by atoms with Crippen LogP contribution in [0.25, 0.3) is 0 Å². The second-order valence-electron chi connectivity index (χ2n) is 4.95. The van der Waals surface area contributed by atoms with Gasteiger partial charge in [-0.1, -0.05) is 13.8 Å². The average Bonchev–Trinajstić information content (AvgIpc) is 2.46. The van der Waals surface area contributed by atoms with E-state index in [1.165, 1.54) is 6.42 Å². The molecule has 2 heterocycles. The molecule has 20 heavy (non-hydrogen) atoms. The summed E-state index contributed by atoms with van der Waals surface area (Å²) in [7, 11) is 0. The predicted molar refractivity (Wildman–Crippen MR) is 79.0 cm³/mol. The number of aromatic nitrogens is 3. The number of ether oxygens (including phenoxy) is 1. The summed E-state index contributed by atoms with van der Waals surface area (Å²) in [5.74, 6) is 0.844. The molecule has 0 radical (unpaired) electrons. The van der Waals surface area contributed by atoms with Gasteiger partial charge in [0.05, 0.1) is 6.61 Å². The van der Waals surface area contributed by atoms with Gasteiger partial charge >= 0.3 is 6.01 Å². The molecule has 0 unspecified atom stereocenters. The second kappa shape index (κ2) is 7.23. The molecule has 1 aromatic heterocycles. The van der Waals surface area contributed by atoms with Crippen molar-refractivity contribution in [2.24, 2.45) is 0 Å². The molecule has 0 atom stereocenters. The fraction of sp³-hybridized carbons (Fsp3) is 0.769. The quantitative estimate of drug-likeness (QED) is 0.824. The van der Waals surface area contributed by atoms with Crippen molar-refractivity contribution >= 4 is 11.9 Å². The SMILES string of the molecule is CCCOc1nc(N)nc(N2CCN(CCC)CC2)n1. The second-order valence-corrected chi connectivity index (χ2v) is 4.95. The lowest BCUT2D eigenvalue weighted by Crippen LogP contribution is -2.47. The van der Waals surface area contributed by atoms with E-state index in [1.807, 2.05) is 6.92 Å². The molecule has 2 N–H and O–H groups in total. The van der Waals surface area contributed by atoms with E-state index in [0.29, 0.717) is 18.6 Å². The van der Waals surface area contributed by atoms with E-state index >= 15 is 0 Å². The van der Waals surface area contributed by atoms with Gasteiger partial charge < -0.3 is 15.4 Å². The molecule has 112 valence electrons. The molecule has 7 nitrogen and oxygen atoms in total. The molecule has 1 aromatic rings. The van der Waals surface area contributed by atoms with Crippen LogP contribution < -0.4 is 15.4 Å². The molecule has 7 heteroatoms. The van der Waals surface area contributed by atoms with Gasteiger partial charge in [0.2, 0.25) is 11.9 Å². The summed E-state index contributed by atoms with van der Waals surface area (Å²) < 4.78 is 5.45. The lowest BCUT2D eigenvalue weighted by atomic mass is 10.3. The molecule has 1 aliphatic heterocycles. The molecule has 0 bridgehead atoms. The molecular formula is C13H24N6O. The Hall–Kier alpha value is -1.63. The van der Waals surface area contributed by atoms with Crippen LogP contribution in [0.3, 0.4) is 0 Å². The smallest absolute Gasteiger partial charge is 0.323 e. The molecule has 0 saturated carbocycles. The van der Waals surface area contributed by atoms with Gasteiger partial charge in [0.15, 0.2) is 0 Å². The van der Waals surface area contributed by atoms with Crippen molar-refractivity contribution in [1.82, 2.24) is 19.9 Å². The van der Waals surface area contributed by atoms with E-state index < -0.39 is 0 Å². The third-order valence-corrected chi connectivity index (χ3v) is 3.25. The van der Waals surface area contributed by atoms with Crippen molar-refractivity contribution in [3.8, 4) is 6.01 Å². The Morgan fingerprint density at radius 3 is 2.45 bits per heavy atom. The number of anilines is 2. The number of nitrogens with zero attached hydrogens (tertiary/aromatic N) is 5. The first-order valence-electron chi connectivity index (χ1n) is 7.34. The summed E-state index contributed by atoms with van der Waals surface area (Å²) in [6.45, 7) is 9.88. The number of rotatable bonds is 6. The van der Waals surface area contributed by atoms with Crippen molar-refractivity contribution in [3.05, 3.63) is 0 Å². The van der Waals surface area contributed by atoms with Gasteiger partial charge in [0.25, 0.3) is 0 Å². The Labute approximate surface area is 120 Å². The molecule has 1 saturated heterocycles. The summed E-state index contributed by atoms with van der Waals surface area (Å²) in [6, 6.07) is 0.324. The van der Waals surface area contributed by atoms with Crippen LogP contribution in [0.2, 0.25) is 0 Å². The maximum absolute atomic E-state index is 5.73. The first kappa shape index (κ1) is 14.8. The molecular weight excluding hydrogens is 256 g/mol. The summed E-state index contributed by atoms with van der Waals surface area (Å²) >= 11 is 0. The van der Waals surface area contributed by atoms with Crippen molar-refractivity contribution in [1.29, 1.82) is 0 Å². The summed E-state index contributed by atoms with van der Waals surface area (Å²) in [5.41, 5.74) is 5.73. The van der Waals surface area contributed by atoms with Crippen LogP contribution >= 0.6 is 0 Å². The summed E-state index contributed by atoms with van der Waals surface area (Å²) in [6.07, 6.45) is 2.10. The van der Waals surface area contributed by atoms with Crippen molar-refractivity contribution in [3.63, 3.8) is 0 Å². The number of nitrogen functional groups attached to an aromatic ring is 1. The topological polar surface area (TPSA) is 80.4 Å². The lowest BCUT2D eigenvalue weighted by Gasteiger charge is -2.34. The van der Waals surface area contributed by atoms with Gasteiger partial charge in [-0.3, -0.25) is 4.90 Å². The van der Waals surface area contributed by atoms with Gasteiger partial charge in [0.1, 0.15) is 0 Å². The van der Waals surface area contributed by atoms with Crippen molar-refractivity contribution < 1.29 is 4.74 Å². The molecule has 0 aliphatic carbocycles. The van der Waals surface area contributed by atoms with Crippen molar-refractivity contribution in [2.75, 3.05) is 50.0 Å². The summed E-state index contributed by atoms with van der Waals surface area (Å²) in [5, 5.41) is 0. The highest BCUT2D eigenvalue weighted by Crippen LogP contribution is 2.15. The highest BCUT2D eigenvalue weighted by Gasteiger charge is 2.19. The average molecular weight is 280 g/mol. The van der Waals surface area contributed by atoms with Gasteiger partial charge in [-0.2, -0.15) is 15.0 Å². The van der Waals surface area contributed by atoms with E-state index in [4.69, 9.17) is 10.5 Å². The normalized spacial score (nSPS) is 16.4. The highest BCUT2D eigenvalue weighted by molar-refractivity contribution is 5.36. The van der Waals surface area contributed by atoms with Gasteiger partial charge in [-0.05, 0) is 19.4 Å². The zero-order chi connectivity index (χ0) is 14.4. The number of piperazine rings is 1. The standard InChI is InChI=1S/C13H24N6O/c1-3-5-18-6-8-19(9-7-18)12-15-11(14)16-13(17-12)20-10-4-2/h3-10H2,1-2H3,(H2,14,15,16,17). The number of hydrogen-bond donors (Lipinski definition) is 1. The fourth-order valence-electron chi connectivity index (χ4n) is 2.25. The Morgan fingerprint density at radius 2 is 1.80 bits per heavy atom.